The van der Waals surface area contributed by atoms with Crippen LogP contribution in [0.1, 0.15) is 21.5 Å². The molecule has 2 aromatic rings. The summed E-state index contributed by atoms with van der Waals surface area (Å²) in [6.45, 7) is 1.82. The fourth-order valence-electron chi connectivity index (χ4n) is 2.53. The van der Waals surface area contributed by atoms with E-state index in [1.807, 2.05) is 31.2 Å². The van der Waals surface area contributed by atoms with Gasteiger partial charge in [0.15, 0.2) is 11.6 Å². The zero-order valence-electron chi connectivity index (χ0n) is 14.1. The van der Waals surface area contributed by atoms with Gasteiger partial charge < -0.3 is 15.2 Å². The third-order valence-electron chi connectivity index (χ3n) is 3.85. The van der Waals surface area contributed by atoms with Gasteiger partial charge in [-0.1, -0.05) is 35.9 Å². The van der Waals surface area contributed by atoms with Gasteiger partial charge in [0.1, 0.15) is 0 Å². The number of ether oxygens (including phenoxy) is 1. The second kappa shape index (κ2) is 8.28. The van der Waals surface area contributed by atoms with E-state index in [0.717, 1.165) is 11.1 Å². The summed E-state index contributed by atoms with van der Waals surface area (Å²) in [7, 11) is 1.31. The minimum absolute atomic E-state index is 0.0396. The van der Waals surface area contributed by atoms with Gasteiger partial charge in [0.05, 0.1) is 18.6 Å². The van der Waals surface area contributed by atoms with E-state index >= 15 is 0 Å². The van der Waals surface area contributed by atoms with Gasteiger partial charge in [-0.15, -0.1) is 0 Å². The van der Waals surface area contributed by atoms with Crippen LogP contribution < -0.4 is 10.1 Å². The number of halogens is 1. The first-order chi connectivity index (χ1) is 11.9. The highest BCUT2D eigenvalue weighted by atomic mass is 19.1. The van der Waals surface area contributed by atoms with Crippen LogP contribution in [0.4, 0.5) is 4.39 Å². The van der Waals surface area contributed by atoms with Crippen molar-refractivity contribution in [1.82, 2.24) is 5.32 Å². The van der Waals surface area contributed by atoms with Gasteiger partial charge in [-0.05, 0) is 31.0 Å². The molecular formula is C19H20FNO4. The Morgan fingerprint density at radius 3 is 2.60 bits per heavy atom. The number of amides is 1. The number of carbonyl (C=O) groups is 2. The summed E-state index contributed by atoms with van der Waals surface area (Å²) >= 11 is 0. The number of hydrogen-bond donors (Lipinski definition) is 2. The Kier molecular flexibility index (Phi) is 6.11. The van der Waals surface area contributed by atoms with E-state index < -0.39 is 23.6 Å². The summed E-state index contributed by atoms with van der Waals surface area (Å²) < 4.78 is 18.9. The topological polar surface area (TPSA) is 75.6 Å². The Morgan fingerprint density at radius 2 is 1.96 bits per heavy atom. The van der Waals surface area contributed by atoms with E-state index in [0.29, 0.717) is 0 Å². The first-order valence-electron chi connectivity index (χ1n) is 7.81. The van der Waals surface area contributed by atoms with Crippen molar-refractivity contribution >= 4 is 11.9 Å². The van der Waals surface area contributed by atoms with E-state index in [-0.39, 0.29) is 24.3 Å². The van der Waals surface area contributed by atoms with Crippen molar-refractivity contribution in [3.63, 3.8) is 0 Å². The Morgan fingerprint density at radius 1 is 1.24 bits per heavy atom. The number of nitrogens with one attached hydrogen (secondary N) is 1. The van der Waals surface area contributed by atoms with Gasteiger partial charge in [0.25, 0.3) is 5.91 Å². The van der Waals surface area contributed by atoms with Gasteiger partial charge >= 0.3 is 5.97 Å². The molecule has 0 aliphatic carbocycles. The first kappa shape index (κ1) is 18.4. The average molecular weight is 345 g/mol. The Hall–Kier alpha value is -2.89. The lowest BCUT2D eigenvalue weighted by atomic mass is 9.98. The van der Waals surface area contributed by atoms with E-state index in [1.54, 1.807) is 0 Å². The van der Waals surface area contributed by atoms with Crippen molar-refractivity contribution in [1.29, 1.82) is 0 Å². The van der Waals surface area contributed by atoms with Gasteiger partial charge in [-0.2, -0.15) is 0 Å². The molecule has 0 heterocycles. The maximum Gasteiger partial charge on any atom is 0.308 e. The predicted molar refractivity (Wildman–Crippen MR) is 91.3 cm³/mol. The van der Waals surface area contributed by atoms with Crippen molar-refractivity contribution in [3.05, 3.63) is 65.0 Å². The maximum atomic E-state index is 14.1. The standard InChI is InChI=1S/C19H20FNO4/c1-12-5-3-6-13(9-12)10-14(19(23)24)11-21-18(22)15-7-4-8-16(25-2)17(15)20/h3-9,14H,10-11H2,1-2H3,(H,21,22)(H,23,24). The normalized spacial score (nSPS) is 11.6. The largest absolute Gasteiger partial charge is 0.494 e. The third kappa shape index (κ3) is 4.79. The van der Waals surface area contributed by atoms with Crippen LogP contribution in [0.5, 0.6) is 5.75 Å². The lowest BCUT2D eigenvalue weighted by molar-refractivity contribution is -0.141. The number of methoxy groups -OCH3 is 1. The SMILES string of the molecule is COc1cccc(C(=O)NCC(Cc2cccc(C)c2)C(=O)O)c1F. The number of carboxylic acid groups (broad SMARTS) is 1. The van der Waals surface area contributed by atoms with Crippen LogP contribution in [0, 0.1) is 18.7 Å². The molecular weight excluding hydrogens is 325 g/mol. The molecule has 0 aliphatic rings. The Labute approximate surface area is 145 Å². The van der Waals surface area contributed by atoms with Crippen LogP contribution in [0.15, 0.2) is 42.5 Å². The summed E-state index contributed by atoms with van der Waals surface area (Å²) in [5.74, 6) is -3.31. The fraction of sp³-hybridized carbons (Fsp3) is 0.263. The van der Waals surface area contributed by atoms with Crippen LogP contribution in [-0.2, 0) is 11.2 Å². The minimum Gasteiger partial charge on any atom is -0.494 e. The number of rotatable bonds is 7. The third-order valence-corrected chi connectivity index (χ3v) is 3.85. The molecule has 0 saturated carbocycles. The molecule has 6 heteroatoms. The summed E-state index contributed by atoms with van der Waals surface area (Å²) in [5, 5.41) is 11.9. The number of aryl methyl sites for hydroxylation is 1. The highest BCUT2D eigenvalue weighted by Crippen LogP contribution is 2.20. The van der Waals surface area contributed by atoms with E-state index in [9.17, 15) is 19.1 Å². The summed E-state index contributed by atoms with van der Waals surface area (Å²) in [6.07, 6.45) is 0.276. The average Bonchev–Trinajstić information content (AvgIpc) is 2.58. The molecule has 132 valence electrons. The Bertz CT molecular complexity index is 776. The molecule has 1 atom stereocenters. The van der Waals surface area contributed by atoms with Crippen LogP contribution in [-0.4, -0.2) is 30.6 Å². The van der Waals surface area contributed by atoms with Gasteiger partial charge in [0, 0.05) is 6.54 Å². The second-order valence-electron chi connectivity index (χ2n) is 5.76. The second-order valence-corrected chi connectivity index (χ2v) is 5.76. The van der Waals surface area contributed by atoms with Gasteiger partial charge in [-0.25, -0.2) is 4.39 Å². The molecule has 0 aliphatic heterocycles. The predicted octanol–water partition coefficient (Wildman–Crippen LogP) is 2.82. The molecule has 5 nitrogen and oxygen atoms in total. The lowest BCUT2D eigenvalue weighted by Crippen LogP contribution is -2.34. The quantitative estimate of drug-likeness (QED) is 0.809. The minimum atomic E-state index is -1.02. The van der Waals surface area contributed by atoms with Crippen LogP contribution in [0.3, 0.4) is 0 Å². The zero-order chi connectivity index (χ0) is 18.4. The van der Waals surface area contributed by atoms with Crippen LogP contribution >= 0.6 is 0 Å². The smallest absolute Gasteiger partial charge is 0.308 e. The lowest BCUT2D eigenvalue weighted by Gasteiger charge is -2.14. The molecule has 0 aromatic heterocycles. The number of carboxylic acids is 1. The molecule has 2 rings (SSSR count). The summed E-state index contributed by atoms with van der Waals surface area (Å²) in [6, 6.07) is 11.7. The first-order valence-corrected chi connectivity index (χ1v) is 7.81. The van der Waals surface area contributed by atoms with Crippen molar-refractivity contribution in [2.24, 2.45) is 5.92 Å². The maximum absolute atomic E-state index is 14.1. The van der Waals surface area contributed by atoms with Crippen molar-refractivity contribution < 1.29 is 23.8 Å². The monoisotopic (exact) mass is 345 g/mol. The van der Waals surface area contributed by atoms with Gasteiger partial charge in [0.2, 0.25) is 0 Å². The molecule has 2 aromatic carbocycles. The summed E-state index contributed by atoms with van der Waals surface area (Å²) in [5.41, 5.74) is 1.72. The molecule has 0 saturated heterocycles. The molecule has 0 radical (unpaired) electrons. The molecule has 1 unspecified atom stereocenters. The van der Waals surface area contributed by atoms with Crippen LogP contribution in [0.25, 0.3) is 0 Å². The molecule has 1 amide bonds. The number of benzene rings is 2. The Balaban J connectivity index is 2.06. The molecule has 0 spiro atoms. The number of carbonyl (C=O) groups excluding carboxylic acids is 1. The number of aliphatic carboxylic acids is 1. The molecule has 0 bridgehead atoms. The molecule has 2 N–H and O–H groups in total. The van der Waals surface area contributed by atoms with E-state index in [2.05, 4.69) is 5.32 Å². The van der Waals surface area contributed by atoms with Crippen LogP contribution in [0.2, 0.25) is 0 Å². The van der Waals surface area contributed by atoms with Crippen molar-refractivity contribution in [3.8, 4) is 5.75 Å². The highest BCUT2D eigenvalue weighted by Gasteiger charge is 2.21. The van der Waals surface area contributed by atoms with Crippen molar-refractivity contribution in [2.75, 3.05) is 13.7 Å². The molecule has 0 fully saturated rings. The number of hydrogen-bond acceptors (Lipinski definition) is 3. The van der Waals surface area contributed by atoms with E-state index in [4.69, 9.17) is 4.74 Å². The fourth-order valence-corrected chi connectivity index (χ4v) is 2.53. The van der Waals surface area contributed by atoms with Crippen molar-refractivity contribution in [2.45, 2.75) is 13.3 Å². The summed E-state index contributed by atoms with van der Waals surface area (Å²) in [4.78, 5) is 23.6. The van der Waals surface area contributed by atoms with Gasteiger partial charge in [-0.3, -0.25) is 9.59 Å². The van der Waals surface area contributed by atoms with E-state index in [1.165, 1.54) is 25.3 Å². The molecule has 25 heavy (non-hydrogen) atoms. The highest BCUT2D eigenvalue weighted by molar-refractivity contribution is 5.95. The zero-order valence-corrected chi connectivity index (χ0v) is 14.1.